The first-order chi connectivity index (χ1) is 8.34. The van der Waals surface area contributed by atoms with Crippen LogP contribution in [0.15, 0.2) is 30.3 Å². The number of nitrogens with one attached hydrogen (secondary N) is 1. The molecule has 0 amide bonds. The highest BCUT2D eigenvalue weighted by atomic mass is 15.2. The average Bonchev–Trinajstić information content (AvgIpc) is 3.11. The van der Waals surface area contributed by atoms with Crippen molar-refractivity contribution in [2.75, 3.05) is 5.73 Å². The Morgan fingerprint density at radius 1 is 1.24 bits per heavy atom. The van der Waals surface area contributed by atoms with E-state index in [-0.39, 0.29) is 0 Å². The van der Waals surface area contributed by atoms with Gasteiger partial charge in [0.15, 0.2) is 0 Å². The Hall–Kier alpha value is -2.21. The lowest BCUT2D eigenvalue weighted by atomic mass is 10.1. The van der Waals surface area contributed by atoms with Gasteiger partial charge in [-0.15, -0.1) is 0 Å². The minimum atomic E-state index is 0.566. The summed E-state index contributed by atoms with van der Waals surface area (Å²) in [6.45, 7) is 0. The highest BCUT2D eigenvalue weighted by molar-refractivity contribution is 5.78. The van der Waals surface area contributed by atoms with Crippen LogP contribution in [0.2, 0.25) is 0 Å². The largest absolute Gasteiger partial charge is 0.384 e. The molecule has 3 rings (SSSR count). The van der Waals surface area contributed by atoms with E-state index in [1.165, 1.54) is 12.8 Å². The molecule has 2 aromatic rings. The Bertz CT molecular complexity index is 583. The third-order valence-corrected chi connectivity index (χ3v) is 2.83. The van der Waals surface area contributed by atoms with Gasteiger partial charge in [0.25, 0.3) is 0 Å². The van der Waals surface area contributed by atoms with E-state index in [9.17, 15) is 0 Å². The first-order valence-electron chi connectivity index (χ1n) is 5.75. The molecule has 0 aliphatic heterocycles. The van der Waals surface area contributed by atoms with E-state index in [0.29, 0.717) is 11.7 Å². The third kappa shape index (κ3) is 2.02. The van der Waals surface area contributed by atoms with E-state index in [1.807, 2.05) is 30.3 Å². The average molecular weight is 223 g/mol. The summed E-state index contributed by atoms with van der Waals surface area (Å²) in [5.74, 6) is 7.48. The predicted molar refractivity (Wildman–Crippen MR) is 68.0 cm³/mol. The monoisotopic (exact) mass is 223 g/mol. The van der Waals surface area contributed by atoms with Crippen LogP contribution in [0.3, 0.4) is 0 Å². The number of hydrogen-bond donors (Lipinski definition) is 2. The van der Waals surface area contributed by atoms with Crippen LogP contribution in [0.4, 0.5) is 5.82 Å². The summed E-state index contributed by atoms with van der Waals surface area (Å²) < 4.78 is 0. The van der Waals surface area contributed by atoms with Crippen LogP contribution in [-0.4, -0.2) is 10.2 Å². The van der Waals surface area contributed by atoms with Crippen molar-refractivity contribution in [1.82, 2.24) is 10.2 Å². The van der Waals surface area contributed by atoms with Crippen molar-refractivity contribution in [1.29, 1.82) is 0 Å². The molecule has 1 aromatic heterocycles. The second-order valence-electron chi connectivity index (χ2n) is 4.27. The normalized spacial score (nSPS) is 14.1. The molecule has 1 heterocycles. The van der Waals surface area contributed by atoms with Crippen molar-refractivity contribution in [3.63, 3.8) is 0 Å². The molecule has 0 bridgehead atoms. The van der Waals surface area contributed by atoms with Gasteiger partial charge in [-0.05, 0) is 24.3 Å². The van der Waals surface area contributed by atoms with Gasteiger partial charge < -0.3 is 5.73 Å². The number of H-pyrrole nitrogens is 1. The minimum absolute atomic E-state index is 0.566. The zero-order chi connectivity index (χ0) is 11.7. The Morgan fingerprint density at radius 2 is 2.00 bits per heavy atom. The fourth-order valence-corrected chi connectivity index (χ4v) is 1.74. The molecule has 0 saturated heterocycles. The number of aromatic amines is 1. The maximum absolute atomic E-state index is 5.91. The minimum Gasteiger partial charge on any atom is -0.384 e. The summed E-state index contributed by atoms with van der Waals surface area (Å²) in [6, 6.07) is 9.99. The van der Waals surface area contributed by atoms with Crippen LogP contribution in [-0.2, 0) is 0 Å². The van der Waals surface area contributed by atoms with Crippen molar-refractivity contribution in [3.05, 3.63) is 36.0 Å². The Morgan fingerprint density at radius 3 is 2.71 bits per heavy atom. The lowest BCUT2D eigenvalue weighted by Crippen LogP contribution is -1.88. The molecule has 3 N–H and O–H groups in total. The lowest BCUT2D eigenvalue weighted by Gasteiger charge is -1.99. The van der Waals surface area contributed by atoms with E-state index < -0.39 is 0 Å². The summed E-state index contributed by atoms with van der Waals surface area (Å²) in [6.07, 6.45) is 2.43. The standard InChI is InChI=1S/C14H13N3/c15-14-13(11-4-2-1-3-5-11)12(16-17-14)9-8-10-6-7-10/h1-5,10H,6-7H2,(H3,15,16,17). The van der Waals surface area contributed by atoms with Crippen LogP contribution in [0.5, 0.6) is 0 Å². The van der Waals surface area contributed by atoms with E-state index in [4.69, 9.17) is 5.73 Å². The van der Waals surface area contributed by atoms with Gasteiger partial charge >= 0.3 is 0 Å². The fraction of sp³-hybridized carbons (Fsp3) is 0.214. The van der Waals surface area contributed by atoms with Crippen LogP contribution in [0.1, 0.15) is 18.5 Å². The third-order valence-electron chi connectivity index (χ3n) is 2.83. The van der Waals surface area contributed by atoms with Gasteiger partial charge in [-0.3, -0.25) is 5.10 Å². The molecule has 3 nitrogen and oxygen atoms in total. The number of anilines is 1. The van der Waals surface area contributed by atoms with E-state index in [1.54, 1.807) is 0 Å². The number of benzene rings is 1. The van der Waals surface area contributed by atoms with Gasteiger partial charge in [0, 0.05) is 5.92 Å². The zero-order valence-electron chi connectivity index (χ0n) is 9.40. The fourth-order valence-electron chi connectivity index (χ4n) is 1.74. The van der Waals surface area contributed by atoms with Crippen molar-refractivity contribution in [2.24, 2.45) is 5.92 Å². The quantitative estimate of drug-likeness (QED) is 0.729. The predicted octanol–water partition coefficient (Wildman–Crippen LogP) is 2.42. The smallest absolute Gasteiger partial charge is 0.145 e. The molecule has 0 radical (unpaired) electrons. The Labute approximate surface area is 100 Å². The summed E-state index contributed by atoms with van der Waals surface area (Å²) in [7, 11) is 0. The summed E-state index contributed by atoms with van der Waals surface area (Å²) in [5.41, 5.74) is 8.63. The molecule has 84 valence electrons. The number of aromatic nitrogens is 2. The molecule has 1 aliphatic rings. The van der Waals surface area contributed by atoms with E-state index in [2.05, 4.69) is 22.0 Å². The van der Waals surface area contributed by atoms with Crippen molar-refractivity contribution >= 4 is 5.82 Å². The first kappa shape index (κ1) is 9.98. The molecular formula is C14H13N3. The van der Waals surface area contributed by atoms with E-state index >= 15 is 0 Å². The summed E-state index contributed by atoms with van der Waals surface area (Å²) in [4.78, 5) is 0. The number of rotatable bonds is 1. The topological polar surface area (TPSA) is 54.7 Å². The summed E-state index contributed by atoms with van der Waals surface area (Å²) >= 11 is 0. The first-order valence-corrected chi connectivity index (χ1v) is 5.75. The van der Waals surface area contributed by atoms with Crippen LogP contribution in [0.25, 0.3) is 11.1 Å². The number of hydrogen-bond acceptors (Lipinski definition) is 2. The molecule has 1 aromatic carbocycles. The van der Waals surface area contributed by atoms with Gasteiger partial charge in [-0.25, -0.2) is 0 Å². The second kappa shape index (κ2) is 3.99. The van der Waals surface area contributed by atoms with Crippen molar-refractivity contribution in [3.8, 4) is 23.0 Å². The Kier molecular flexibility index (Phi) is 2.34. The Balaban J connectivity index is 2.04. The highest BCUT2D eigenvalue weighted by Crippen LogP contribution is 2.29. The van der Waals surface area contributed by atoms with Crippen LogP contribution >= 0.6 is 0 Å². The highest BCUT2D eigenvalue weighted by Gasteiger charge is 2.18. The van der Waals surface area contributed by atoms with Crippen LogP contribution < -0.4 is 5.73 Å². The molecular weight excluding hydrogens is 210 g/mol. The van der Waals surface area contributed by atoms with Crippen molar-refractivity contribution < 1.29 is 0 Å². The van der Waals surface area contributed by atoms with Crippen molar-refractivity contribution in [2.45, 2.75) is 12.8 Å². The van der Waals surface area contributed by atoms with Gasteiger partial charge in [0.2, 0.25) is 0 Å². The molecule has 3 heteroatoms. The summed E-state index contributed by atoms with van der Waals surface area (Å²) in [5, 5.41) is 6.97. The number of nitrogen functional groups attached to an aromatic ring is 1. The van der Waals surface area contributed by atoms with E-state index in [0.717, 1.165) is 16.8 Å². The molecule has 0 atom stereocenters. The SMILES string of the molecule is Nc1[nH]nc(C#CC2CC2)c1-c1ccccc1. The molecule has 17 heavy (non-hydrogen) atoms. The maximum Gasteiger partial charge on any atom is 0.145 e. The van der Waals surface area contributed by atoms with Gasteiger partial charge in [-0.1, -0.05) is 36.3 Å². The lowest BCUT2D eigenvalue weighted by molar-refractivity contribution is 1.08. The van der Waals surface area contributed by atoms with Gasteiger partial charge in [0.1, 0.15) is 11.5 Å². The zero-order valence-corrected chi connectivity index (χ0v) is 9.40. The van der Waals surface area contributed by atoms with Crippen LogP contribution in [0, 0.1) is 17.8 Å². The molecule has 0 unspecified atom stereocenters. The second-order valence-corrected chi connectivity index (χ2v) is 4.27. The number of nitrogens with zero attached hydrogens (tertiary/aromatic N) is 1. The molecule has 1 aliphatic carbocycles. The number of nitrogens with two attached hydrogens (primary N) is 1. The van der Waals surface area contributed by atoms with Gasteiger partial charge in [0.05, 0.1) is 5.56 Å². The van der Waals surface area contributed by atoms with Gasteiger partial charge in [-0.2, -0.15) is 5.10 Å². The molecule has 1 fully saturated rings. The maximum atomic E-state index is 5.91. The molecule has 0 spiro atoms. The molecule has 1 saturated carbocycles.